The van der Waals surface area contributed by atoms with Gasteiger partial charge in [-0.25, -0.2) is 12.7 Å². The van der Waals surface area contributed by atoms with Crippen LogP contribution in [0.4, 0.5) is 0 Å². The summed E-state index contributed by atoms with van der Waals surface area (Å²) in [6, 6.07) is 8.24. The Bertz CT molecular complexity index is 608. The average Bonchev–Trinajstić information content (AvgIpc) is 2.55. The maximum atomic E-state index is 12.7. The lowest BCUT2D eigenvalue weighted by molar-refractivity contribution is 0.0201. The quantitative estimate of drug-likeness (QED) is 0.856. The van der Waals surface area contributed by atoms with E-state index in [2.05, 4.69) is 12.1 Å². The monoisotopic (exact) mass is 323 g/mol. The summed E-state index contributed by atoms with van der Waals surface area (Å²) in [5.74, 6) is 0. The van der Waals surface area contributed by atoms with Crippen molar-refractivity contribution in [2.75, 3.05) is 13.6 Å². The minimum absolute atomic E-state index is 0.0433. The van der Waals surface area contributed by atoms with Gasteiger partial charge in [-0.05, 0) is 24.0 Å². The van der Waals surface area contributed by atoms with Crippen molar-refractivity contribution in [1.29, 1.82) is 0 Å². The Hall–Kier alpha value is -0.910. The molecule has 122 valence electrons. The van der Waals surface area contributed by atoms with Crippen molar-refractivity contribution in [2.24, 2.45) is 0 Å². The van der Waals surface area contributed by atoms with Gasteiger partial charge in [-0.15, -0.1) is 0 Å². The number of rotatable bonds is 4. The van der Waals surface area contributed by atoms with E-state index >= 15 is 0 Å². The van der Waals surface area contributed by atoms with E-state index in [9.17, 15) is 8.42 Å². The second-order valence-electron chi connectivity index (χ2n) is 6.49. The van der Waals surface area contributed by atoms with Crippen LogP contribution in [0.5, 0.6) is 0 Å². The van der Waals surface area contributed by atoms with Gasteiger partial charge in [0.05, 0.1) is 18.0 Å². The first-order valence-corrected chi connectivity index (χ1v) is 9.71. The predicted octanol–water partition coefficient (Wildman–Crippen LogP) is 2.72. The van der Waals surface area contributed by atoms with Gasteiger partial charge in [-0.1, -0.05) is 43.5 Å². The van der Waals surface area contributed by atoms with Crippen LogP contribution in [-0.4, -0.2) is 37.7 Å². The number of benzene rings is 1. The third kappa shape index (κ3) is 3.36. The lowest BCUT2D eigenvalue weighted by Gasteiger charge is -2.31. The van der Waals surface area contributed by atoms with Crippen LogP contribution in [0.1, 0.15) is 43.2 Å². The van der Waals surface area contributed by atoms with Gasteiger partial charge in [0.15, 0.2) is 0 Å². The van der Waals surface area contributed by atoms with E-state index in [-0.39, 0.29) is 11.4 Å². The molecule has 22 heavy (non-hydrogen) atoms. The number of likely N-dealkylation sites (N-methyl/N-ethyl adjacent to an activating group) is 1. The number of ether oxygens (including phenoxy) is 1. The highest BCUT2D eigenvalue weighted by Crippen LogP contribution is 2.27. The smallest absolute Gasteiger partial charge is 0.216 e. The van der Waals surface area contributed by atoms with Crippen molar-refractivity contribution in [2.45, 2.75) is 56.5 Å². The van der Waals surface area contributed by atoms with E-state index in [1.807, 2.05) is 12.1 Å². The van der Waals surface area contributed by atoms with E-state index < -0.39 is 10.0 Å². The molecule has 2 aliphatic rings. The van der Waals surface area contributed by atoms with E-state index in [0.29, 0.717) is 13.2 Å². The molecule has 0 bridgehead atoms. The molecule has 1 heterocycles. The lowest BCUT2D eigenvalue weighted by atomic mass is 9.99. The molecule has 5 heteroatoms. The minimum atomic E-state index is -3.19. The van der Waals surface area contributed by atoms with Crippen molar-refractivity contribution in [3.05, 3.63) is 35.4 Å². The Balaban J connectivity index is 1.63. The second-order valence-corrected chi connectivity index (χ2v) is 8.81. The summed E-state index contributed by atoms with van der Waals surface area (Å²) in [7, 11) is -1.48. The molecular formula is C17H25NO3S. The first kappa shape index (κ1) is 16.0. The number of nitrogens with zero attached hydrogens (tertiary/aromatic N) is 1. The van der Waals surface area contributed by atoms with E-state index in [1.54, 1.807) is 7.05 Å². The molecule has 3 rings (SSSR count). The molecule has 1 aromatic rings. The van der Waals surface area contributed by atoms with Crippen LogP contribution in [-0.2, 0) is 27.8 Å². The first-order chi connectivity index (χ1) is 10.6. The van der Waals surface area contributed by atoms with E-state index in [4.69, 9.17) is 4.74 Å². The van der Waals surface area contributed by atoms with Gasteiger partial charge >= 0.3 is 0 Å². The highest BCUT2D eigenvalue weighted by atomic mass is 32.2. The molecular weight excluding hydrogens is 298 g/mol. The molecule has 4 nitrogen and oxygen atoms in total. The minimum Gasteiger partial charge on any atom is -0.372 e. The maximum Gasteiger partial charge on any atom is 0.216 e. The summed E-state index contributed by atoms with van der Waals surface area (Å²) in [5.41, 5.74) is 2.50. The van der Waals surface area contributed by atoms with Crippen LogP contribution in [0.25, 0.3) is 0 Å². The van der Waals surface area contributed by atoms with Crippen LogP contribution >= 0.6 is 0 Å². The maximum absolute atomic E-state index is 12.7. The van der Waals surface area contributed by atoms with Crippen molar-refractivity contribution >= 4 is 10.0 Å². The molecule has 0 aromatic heterocycles. The summed E-state index contributed by atoms with van der Waals surface area (Å²) in [6.45, 7) is 1.03. The van der Waals surface area contributed by atoms with Crippen LogP contribution in [0.2, 0.25) is 0 Å². The highest BCUT2D eigenvalue weighted by Gasteiger charge is 2.32. The average molecular weight is 323 g/mol. The lowest BCUT2D eigenvalue weighted by Crippen LogP contribution is -2.43. The largest absolute Gasteiger partial charge is 0.372 e. The third-order valence-electron chi connectivity index (χ3n) is 4.91. The fourth-order valence-electron chi connectivity index (χ4n) is 3.53. The Morgan fingerprint density at radius 2 is 1.82 bits per heavy atom. The van der Waals surface area contributed by atoms with Crippen molar-refractivity contribution in [3.8, 4) is 0 Å². The van der Waals surface area contributed by atoms with Crippen molar-refractivity contribution < 1.29 is 13.2 Å². The first-order valence-electron chi connectivity index (χ1n) is 8.21. The summed E-state index contributed by atoms with van der Waals surface area (Å²) in [5, 5.41) is -0.192. The van der Waals surface area contributed by atoms with Gasteiger partial charge in [0.2, 0.25) is 10.0 Å². The number of hydrogen-bond acceptors (Lipinski definition) is 3. The molecule has 1 aliphatic carbocycles. The number of hydrogen-bond donors (Lipinski definition) is 0. The molecule has 0 saturated heterocycles. The SMILES string of the molecule is CN(CC1Cc2ccccc2CO1)S(=O)(=O)C1CCCCC1. The van der Waals surface area contributed by atoms with Crippen LogP contribution in [0.3, 0.4) is 0 Å². The molecule has 1 aliphatic heterocycles. The van der Waals surface area contributed by atoms with E-state index in [1.165, 1.54) is 15.4 Å². The molecule has 0 amide bonds. The van der Waals surface area contributed by atoms with Gasteiger partial charge in [0.1, 0.15) is 0 Å². The van der Waals surface area contributed by atoms with Crippen molar-refractivity contribution in [3.63, 3.8) is 0 Å². The second kappa shape index (κ2) is 6.69. The molecule has 1 atom stereocenters. The van der Waals surface area contributed by atoms with Gasteiger partial charge in [-0.3, -0.25) is 0 Å². The molecule has 1 unspecified atom stereocenters. The summed E-state index contributed by atoms with van der Waals surface area (Å²) < 4.78 is 32.7. The van der Waals surface area contributed by atoms with Crippen molar-refractivity contribution in [1.82, 2.24) is 4.31 Å². The zero-order chi connectivity index (χ0) is 15.6. The van der Waals surface area contributed by atoms with Crippen LogP contribution in [0.15, 0.2) is 24.3 Å². The third-order valence-corrected chi connectivity index (χ3v) is 7.24. The number of fused-ring (bicyclic) bond motifs is 1. The summed E-state index contributed by atoms with van der Waals surface area (Å²) in [6.07, 6.45) is 5.59. The van der Waals surface area contributed by atoms with E-state index in [0.717, 1.165) is 38.5 Å². The number of sulfonamides is 1. The molecule has 1 saturated carbocycles. The standard InChI is InChI=1S/C17H25NO3S/c1-18(22(19,20)17-9-3-2-4-10-17)12-16-11-14-7-5-6-8-15(14)13-21-16/h5-8,16-17H,2-4,9-13H2,1H3. The summed E-state index contributed by atoms with van der Waals surface area (Å²) in [4.78, 5) is 0. The molecule has 0 radical (unpaired) electrons. The fraction of sp³-hybridized carbons (Fsp3) is 0.647. The Morgan fingerprint density at radius 1 is 1.14 bits per heavy atom. The summed E-state index contributed by atoms with van der Waals surface area (Å²) >= 11 is 0. The Labute approximate surface area is 133 Å². The van der Waals surface area contributed by atoms with Crippen LogP contribution in [0, 0.1) is 0 Å². The zero-order valence-corrected chi connectivity index (χ0v) is 14.0. The fourth-order valence-corrected chi connectivity index (χ4v) is 5.35. The highest BCUT2D eigenvalue weighted by molar-refractivity contribution is 7.89. The molecule has 0 N–H and O–H groups in total. The van der Waals surface area contributed by atoms with Gasteiger partial charge < -0.3 is 4.74 Å². The molecule has 1 aromatic carbocycles. The van der Waals surface area contributed by atoms with Crippen LogP contribution < -0.4 is 0 Å². The van der Waals surface area contributed by atoms with Gasteiger partial charge in [-0.2, -0.15) is 0 Å². The Kier molecular flexibility index (Phi) is 4.85. The Morgan fingerprint density at radius 3 is 2.55 bits per heavy atom. The predicted molar refractivity (Wildman–Crippen MR) is 87.1 cm³/mol. The normalized spacial score (nSPS) is 23.5. The van der Waals surface area contributed by atoms with Gasteiger partial charge in [0, 0.05) is 20.0 Å². The molecule has 1 fully saturated rings. The van der Waals surface area contributed by atoms with Gasteiger partial charge in [0.25, 0.3) is 0 Å². The molecule has 0 spiro atoms. The zero-order valence-electron chi connectivity index (χ0n) is 13.2. The topological polar surface area (TPSA) is 46.6 Å².